The van der Waals surface area contributed by atoms with E-state index in [4.69, 9.17) is 0 Å². The number of amidine groups is 1. The van der Waals surface area contributed by atoms with Crippen LogP contribution in [0.3, 0.4) is 0 Å². The zero-order valence-corrected chi connectivity index (χ0v) is 15.2. The van der Waals surface area contributed by atoms with Crippen LogP contribution < -0.4 is 5.32 Å². The predicted molar refractivity (Wildman–Crippen MR) is 101 cm³/mol. The number of amides is 1. The summed E-state index contributed by atoms with van der Waals surface area (Å²) >= 11 is 4.80. The van der Waals surface area contributed by atoms with E-state index in [1.165, 1.54) is 17.3 Å². The van der Waals surface area contributed by atoms with Gasteiger partial charge in [-0.25, -0.2) is 4.99 Å². The molecule has 2 aromatic rings. The Bertz CT molecular complexity index is 843. The summed E-state index contributed by atoms with van der Waals surface area (Å²) in [5.41, 5.74) is 4.15. The number of carbonyl (C=O) groups excluding carboxylic acids is 1. The molecule has 0 aliphatic carbocycles. The fourth-order valence-corrected chi connectivity index (χ4v) is 3.52. The number of hydrogen-bond donors (Lipinski definition) is 1. The minimum Gasteiger partial charge on any atom is -0.300 e. The van der Waals surface area contributed by atoms with Crippen LogP contribution in [0.4, 0.5) is 5.69 Å². The number of aryl methyl sites for hydroxylation is 2. The van der Waals surface area contributed by atoms with Gasteiger partial charge in [0.15, 0.2) is 5.17 Å². The molecule has 1 amide bonds. The van der Waals surface area contributed by atoms with Crippen molar-refractivity contribution < 1.29 is 4.79 Å². The molecule has 0 atom stereocenters. The van der Waals surface area contributed by atoms with Crippen molar-refractivity contribution >= 4 is 50.5 Å². The van der Waals surface area contributed by atoms with Crippen molar-refractivity contribution in [1.82, 2.24) is 5.32 Å². The van der Waals surface area contributed by atoms with Gasteiger partial charge in [-0.1, -0.05) is 45.8 Å². The molecule has 23 heavy (non-hydrogen) atoms. The topological polar surface area (TPSA) is 41.5 Å². The first-order valence-corrected chi connectivity index (χ1v) is 8.74. The molecular formula is C18H15BrN2OS. The number of halogens is 1. The molecule has 3 nitrogen and oxygen atoms in total. The largest absolute Gasteiger partial charge is 0.300 e. The van der Waals surface area contributed by atoms with Gasteiger partial charge < -0.3 is 5.32 Å². The van der Waals surface area contributed by atoms with Crippen molar-refractivity contribution in [1.29, 1.82) is 0 Å². The second kappa shape index (κ2) is 6.72. The smallest absolute Gasteiger partial charge is 0.264 e. The molecule has 5 heteroatoms. The molecule has 0 bridgehead atoms. The Morgan fingerprint density at radius 3 is 2.74 bits per heavy atom. The Kier molecular flexibility index (Phi) is 4.68. The number of carbonyl (C=O) groups is 1. The molecule has 1 aliphatic heterocycles. The molecule has 0 radical (unpaired) electrons. The first-order chi connectivity index (χ1) is 11.0. The number of nitrogens with one attached hydrogen (secondary N) is 1. The highest BCUT2D eigenvalue weighted by Gasteiger charge is 2.23. The van der Waals surface area contributed by atoms with Crippen LogP contribution in [0, 0.1) is 13.8 Å². The van der Waals surface area contributed by atoms with Crippen molar-refractivity contribution in [3.05, 3.63) is 68.5 Å². The van der Waals surface area contributed by atoms with Crippen LogP contribution in [-0.2, 0) is 4.79 Å². The summed E-state index contributed by atoms with van der Waals surface area (Å²) in [7, 11) is 0. The van der Waals surface area contributed by atoms with Crippen LogP contribution in [0.15, 0.2) is 56.8 Å². The van der Waals surface area contributed by atoms with Gasteiger partial charge in [0.2, 0.25) is 0 Å². The van der Waals surface area contributed by atoms with E-state index in [9.17, 15) is 4.79 Å². The van der Waals surface area contributed by atoms with Crippen molar-refractivity contribution in [2.45, 2.75) is 13.8 Å². The second-order valence-electron chi connectivity index (χ2n) is 5.33. The molecule has 1 aliphatic rings. The Morgan fingerprint density at radius 1 is 1.17 bits per heavy atom. The minimum atomic E-state index is -0.113. The third-order valence-electron chi connectivity index (χ3n) is 3.37. The Hall–Kier alpha value is -1.85. The van der Waals surface area contributed by atoms with Crippen LogP contribution in [0.2, 0.25) is 0 Å². The number of aliphatic imine (C=N–C) groups is 1. The average Bonchev–Trinajstić information content (AvgIpc) is 2.82. The third-order valence-corrected chi connectivity index (χ3v) is 4.77. The number of hydrogen-bond acceptors (Lipinski definition) is 3. The zero-order valence-electron chi connectivity index (χ0n) is 12.8. The monoisotopic (exact) mass is 386 g/mol. The molecule has 0 saturated carbocycles. The Balaban J connectivity index is 1.86. The highest BCUT2D eigenvalue weighted by Crippen LogP contribution is 2.29. The predicted octanol–water partition coefficient (Wildman–Crippen LogP) is 4.96. The summed E-state index contributed by atoms with van der Waals surface area (Å²) in [4.78, 5) is 17.3. The minimum absolute atomic E-state index is 0.113. The van der Waals surface area contributed by atoms with E-state index in [-0.39, 0.29) is 5.91 Å². The van der Waals surface area contributed by atoms with E-state index in [0.29, 0.717) is 10.1 Å². The maximum atomic E-state index is 12.1. The first-order valence-electron chi connectivity index (χ1n) is 7.14. The van der Waals surface area contributed by atoms with Gasteiger partial charge in [0.1, 0.15) is 0 Å². The van der Waals surface area contributed by atoms with E-state index < -0.39 is 0 Å². The standard InChI is InChI=1S/C18H15BrN2OS/c1-11-6-7-15(12(2)8-11)20-18-21-17(22)16(23-18)10-13-4-3-5-14(19)9-13/h3-10H,1-2H3,(H,20,21,22). The summed E-state index contributed by atoms with van der Waals surface area (Å²) in [6, 6.07) is 13.9. The summed E-state index contributed by atoms with van der Waals surface area (Å²) < 4.78 is 0.986. The SMILES string of the molecule is Cc1ccc(N=C2NC(=O)C(=Cc3cccc(Br)c3)S2)c(C)c1. The van der Waals surface area contributed by atoms with Gasteiger partial charge >= 0.3 is 0 Å². The molecule has 2 aromatic carbocycles. The van der Waals surface area contributed by atoms with E-state index in [0.717, 1.165) is 21.3 Å². The van der Waals surface area contributed by atoms with Crippen LogP contribution in [0.1, 0.15) is 16.7 Å². The highest BCUT2D eigenvalue weighted by atomic mass is 79.9. The van der Waals surface area contributed by atoms with E-state index in [2.05, 4.69) is 39.2 Å². The molecule has 116 valence electrons. The zero-order chi connectivity index (χ0) is 16.4. The third kappa shape index (κ3) is 3.92. The molecule has 0 spiro atoms. The van der Waals surface area contributed by atoms with Crippen molar-refractivity contribution in [3.63, 3.8) is 0 Å². The molecule has 1 saturated heterocycles. The lowest BCUT2D eigenvalue weighted by atomic mass is 10.1. The van der Waals surface area contributed by atoms with Crippen LogP contribution >= 0.6 is 27.7 Å². The van der Waals surface area contributed by atoms with Gasteiger partial charge in [-0.2, -0.15) is 0 Å². The number of benzene rings is 2. The summed E-state index contributed by atoms with van der Waals surface area (Å²) in [6.07, 6.45) is 1.87. The summed E-state index contributed by atoms with van der Waals surface area (Å²) in [5.74, 6) is -0.113. The highest BCUT2D eigenvalue weighted by molar-refractivity contribution is 9.10. The first kappa shape index (κ1) is 16.0. The van der Waals surface area contributed by atoms with E-state index >= 15 is 0 Å². The van der Waals surface area contributed by atoms with Gasteiger partial charge in [-0.15, -0.1) is 0 Å². The lowest BCUT2D eigenvalue weighted by Crippen LogP contribution is -2.19. The van der Waals surface area contributed by atoms with Gasteiger partial charge in [0.05, 0.1) is 10.6 Å². The molecule has 1 heterocycles. The van der Waals surface area contributed by atoms with E-state index in [1.807, 2.05) is 49.4 Å². The Morgan fingerprint density at radius 2 is 2.00 bits per heavy atom. The van der Waals surface area contributed by atoms with Crippen molar-refractivity contribution in [2.75, 3.05) is 0 Å². The van der Waals surface area contributed by atoms with Gasteiger partial charge in [0.25, 0.3) is 5.91 Å². The molecule has 1 N–H and O–H groups in total. The average molecular weight is 387 g/mol. The molecule has 0 aromatic heterocycles. The van der Waals surface area contributed by atoms with Crippen molar-refractivity contribution in [2.24, 2.45) is 4.99 Å². The molecular weight excluding hydrogens is 372 g/mol. The maximum absolute atomic E-state index is 12.1. The fourth-order valence-electron chi connectivity index (χ4n) is 2.27. The van der Waals surface area contributed by atoms with Gasteiger partial charge in [-0.05, 0) is 61.0 Å². The fraction of sp³-hybridized carbons (Fsp3) is 0.111. The van der Waals surface area contributed by atoms with Crippen LogP contribution in [-0.4, -0.2) is 11.1 Å². The number of rotatable bonds is 2. The Labute approximate surface area is 148 Å². The molecule has 3 rings (SSSR count). The van der Waals surface area contributed by atoms with Gasteiger partial charge in [-0.3, -0.25) is 4.79 Å². The van der Waals surface area contributed by atoms with Crippen LogP contribution in [0.5, 0.6) is 0 Å². The van der Waals surface area contributed by atoms with E-state index in [1.54, 1.807) is 0 Å². The lowest BCUT2D eigenvalue weighted by Gasteiger charge is -2.02. The lowest BCUT2D eigenvalue weighted by molar-refractivity contribution is -0.115. The number of nitrogens with zero attached hydrogens (tertiary/aromatic N) is 1. The molecule has 1 fully saturated rings. The summed E-state index contributed by atoms with van der Waals surface area (Å²) in [6.45, 7) is 4.07. The number of thioether (sulfide) groups is 1. The molecule has 0 unspecified atom stereocenters. The summed E-state index contributed by atoms with van der Waals surface area (Å²) in [5, 5.41) is 3.44. The maximum Gasteiger partial charge on any atom is 0.264 e. The van der Waals surface area contributed by atoms with Crippen LogP contribution in [0.25, 0.3) is 6.08 Å². The quantitative estimate of drug-likeness (QED) is 0.741. The van der Waals surface area contributed by atoms with Crippen molar-refractivity contribution in [3.8, 4) is 0 Å². The normalized spacial score (nSPS) is 17.8. The second-order valence-corrected chi connectivity index (χ2v) is 7.27. The van der Waals surface area contributed by atoms with Gasteiger partial charge in [0, 0.05) is 4.47 Å².